The standard InChI is InChI=1S/C26H24Cl3NO6S/c1-34-24-11-8-17(13-25(24)36-37(32,33)19-9-10-22(28)23(29)14-19)15-30(16-18-5-4-12-35-18)26(31)20-6-2-3-7-21(20)27/h2-3,6-11,13-14,18H,4-5,12,15-16H2,1H3/t18-/m0/s1. The maximum Gasteiger partial charge on any atom is 0.339 e. The van der Waals surface area contributed by atoms with Crippen LogP contribution in [0.15, 0.2) is 65.6 Å². The second kappa shape index (κ2) is 11.9. The third-order valence-electron chi connectivity index (χ3n) is 5.82. The van der Waals surface area contributed by atoms with Crippen molar-refractivity contribution in [3.05, 3.63) is 86.9 Å². The van der Waals surface area contributed by atoms with Gasteiger partial charge in [0, 0.05) is 19.7 Å². The molecule has 1 heterocycles. The molecular weight excluding hydrogens is 561 g/mol. The van der Waals surface area contributed by atoms with Crippen molar-refractivity contribution >= 4 is 50.8 Å². The van der Waals surface area contributed by atoms with Crippen LogP contribution in [0.5, 0.6) is 11.5 Å². The van der Waals surface area contributed by atoms with Gasteiger partial charge in [0.15, 0.2) is 11.5 Å². The molecule has 37 heavy (non-hydrogen) atoms. The highest BCUT2D eigenvalue weighted by Gasteiger charge is 2.26. The summed E-state index contributed by atoms with van der Waals surface area (Å²) in [6.07, 6.45) is 1.66. The average Bonchev–Trinajstić information content (AvgIpc) is 3.38. The van der Waals surface area contributed by atoms with Gasteiger partial charge in [0.1, 0.15) is 4.90 Å². The zero-order valence-corrected chi connectivity index (χ0v) is 22.9. The highest BCUT2D eigenvalue weighted by atomic mass is 35.5. The van der Waals surface area contributed by atoms with Gasteiger partial charge < -0.3 is 18.6 Å². The van der Waals surface area contributed by atoms with Crippen molar-refractivity contribution in [2.45, 2.75) is 30.4 Å². The largest absolute Gasteiger partial charge is 0.493 e. The van der Waals surface area contributed by atoms with Crippen LogP contribution in [0.1, 0.15) is 28.8 Å². The Kier molecular flexibility index (Phi) is 8.87. The van der Waals surface area contributed by atoms with Crippen LogP contribution in [0.25, 0.3) is 0 Å². The summed E-state index contributed by atoms with van der Waals surface area (Å²) in [6, 6.07) is 15.5. The monoisotopic (exact) mass is 583 g/mol. The molecule has 3 aromatic rings. The number of nitrogens with zero attached hydrogens (tertiary/aromatic N) is 1. The van der Waals surface area contributed by atoms with Crippen LogP contribution in [0, 0.1) is 0 Å². The zero-order chi connectivity index (χ0) is 26.6. The first-order valence-corrected chi connectivity index (χ1v) is 13.9. The molecular formula is C26H24Cl3NO6S. The minimum Gasteiger partial charge on any atom is -0.493 e. The lowest BCUT2D eigenvalue weighted by Gasteiger charge is -2.26. The van der Waals surface area contributed by atoms with Crippen molar-refractivity contribution in [1.82, 2.24) is 4.90 Å². The summed E-state index contributed by atoms with van der Waals surface area (Å²) >= 11 is 18.2. The van der Waals surface area contributed by atoms with Crippen LogP contribution in [0.2, 0.25) is 15.1 Å². The molecule has 1 saturated heterocycles. The Hall–Kier alpha value is -2.49. The van der Waals surface area contributed by atoms with Gasteiger partial charge >= 0.3 is 10.1 Å². The molecule has 0 radical (unpaired) electrons. The second-order valence-corrected chi connectivity index (χ2v) is 11.2. The molecule has 7 nitrogen and oxygen atoms in total. The van der Waals surface area contributed by atoms with Crippen molar-refractivity contribution in [3.63, 3.8) is 0 Å². The second-order valence-electron chi connectivity index (χ2n) is 8.40. The van der Waals surface area contributed by atoms with Gasteiger partial charge in [-0.15, -0.1) is 0 Å². The van der Waals surface area contributed by atoms with Crippen LogP contribution >= 0.6 is 34.8 Å². The van der Waals surface area contributed by atoms with E-state index in [0.29, 0.717) is 29.3 Å². The van der Waals surface area contributed by atoms with Gasteiger partial charge in [-0.1, -0.05) is 53.0 Å². The third-order valence-corrected chi connectivity index (χ3v) is 8.12. The number of rotatable bonds is 9. The number of hydrogen-bond donors (Lipinski definition) is 0. The fourth-order valence-electron chi connectivity index (χ4n) is 3.96. The van der Waals surface area contributed by atoms with Crippen molar-refractivity contribution < 1.29 is 26.9 Å². The van der Waals surface area contributed by atoms with Crippen LogP contribution in [-0.4, -0.2) is 45.6 Å². The average molecular weight is 585 g/mol. The predicted molar refractivity (Wildman–Crippen MR) is 142 cm³/mol. The summed E-state index contributed by atoms with van der Waals surface area (Å²) in [5.41, 5.74) is 0.993. The summed E-state index contributed by atoms with van der Waals surface area (Å²) in [5, 5.41) is 0.640. The Morgan fingerprint density at radius 1 is 1.00 bits per heavy atom. The normalized spacial score (nSPS) is 15.4. The molecule has 1 aliphatic rings. The molecule has 196 valence electrons. The van der Waals surface area contributed by atoms with E-state index in [4.69, 9.17) is 48.5 Å². The lowest BCUT2D eigenvalue weighted by Crippen LogP contribution is -2.37. The molecule has 3 aromatic carbocycles. The predicted octanol–water partition coefficient (Wildman–Crippen LogP) is 6.24. The zero-order valence-electron chi connectivity index (χ0n) is 19.8. The maximum absolute atomic E-state index is 13.4. The van der Waals surface area contributed by atoms with E-state index in [2.05, 4.69) is 0 Å². The molecule has 0 saturated carbocycles. The van der Waals surface area contributed by atoms with E-state index in [1.165, 1.54) is 31.4 Å². The van der Waals surface area contributed by atoms with E-state index in [0.717, 1.165) is 12.8 Å². The molecule has 1 amide bonds. The fourth-order valence-corrected chi connectivity index (χ4v) is 5.50. The topological polar surface area (TPSA) is 82.1 Å². The van der Waals surface area contributed by atoms with Gasteiger partial charge in [-0.3, -0.25) is 4.79 Å². The van der Waals surface area contributed by atoms with Gasteiger partial charge in [0.2, 0.25) is 0 Å². The Bertz CT molecular complexity index is 1390. The smallest absolute Gasteiger partial charge is 0.339 e. The molecule has 0 unspecified atom stereocenters. The van der Waals surface area contributed by atoms with E-state index >= 15 is 0 Å². The van der Waals surface area contributed by atoms with Gasteiger partial charge in [0.05, 0.1) is 33.8 Å². The minimum atomic E-state index is -4.26. The van der Waals surface area contributed by atoms with Crippen LogP contribution in [0.3, 0.4) is 0 Å². The first-order chi connectivity index (χ1) is 17.7. The quantitative estimate of drug-likeness (QED) is 0.277. The number of amides is 1. The minimum absolute atomic E-state index is 0.0340. The summed E-state index contributed by atoms with van der Waals surface area (Å²) < 4.78 is 42.4. The molecule has 0 spiro atoms. The molecule has 0 N–H and O–H groups in total. The number of hydrogen-bond acceptors (Lipinski definition) is 6. The van der Waals surface area contributed by atoms with E-state index in [9.17, 15) is 13.2 Å². The Balaban J connectivity index is 1.63. The lowest BCUT2D eigenvalue weighted by molar-refractivity contribution is 0.0507. The van der Waals surface area contributed by atoms with Crippen molar-refractivity contribution in [2.24, 2.45) is 0 Å². The van der Waals surface area contributed by atoms with Gasteiger partial charge in [-0.05, 0) is 60.9 Å². The van der Waals surface area contributed by atoms with Crippen LogP contribution in [-0.2, 0) is 21.4 Å². The molecule has 1 atom stereocenters. The van der Waals surface area contributed by atoms with Crippen molar-refractivity contribution in [1.29, 1.82) is 0 Å². The summed E-state index contributed by atoms with van der Waals surface area (Å²) in [4.78, 5) is 14.9. The van der Waals surface area contributed by atoms with E-state index in [-0.39, 0.29) is 45.0 Å². The number of halogens is 3. The van der Waals surface area contributed by atoms with Crippen molar-refractivity contribution in [2.75, 3.05) is 20.3 Å². The number of benzene rings is 3. The van der Waals surface area contributed by atoms with E-state index in [1.807, 2.05) is 0 Å². The molecule has 11 heteroatoms. The Morgan fingerprint density at radius 3 is 2.46 bits per heavy atom. The van der Waals surface area contributed by atoms with E-state index in [1.54, 1.807) is 41.3 Å². The molecule has 1 fully saturated rings. The van der Waals surface area contributed by atoms with Gasteiger partial charge in [0.25, 0.3) is 5.91 Å². The van der Waals surface area contributed by atoms with Gasteiger partial charge in [-0.25, -0.2) is 0 Å². The first kappa shape index (κ1) is 27.5. The van der Waals surface area contributed by atoms with Gasteiger partial charge in [-0.2, -0.15) is 8.42 Å². The highest BCUT2D eigenvalue weighted by Crippen LogP contribution is 2.33. The SMILES string of the molecule is COc1ccc(CN(C[C@@H]2CCCO2)C(=O)c2ccccc2Cl)cc1OS(=O)(=O)c1ccc(Cl)c(Cl)c1. The Labute approximate surface area is 230 Å². The fraction of sp³-hybridized carbons (Fsp3) is 0.269. The molecule has 0 bridgehead atoms. The number of ether oxygens (including phenoxy) is 2. The Morgan fingerprint density at radius 2 is 1.78 bits per heavy atom. The summed E-state index contributed by atoms with van der Waals surface area (Å²) in [5.74, 6) is -0.0911. The number of methoxy groups -OCH3 is 1. The number of carbonyl (C=O) groups excluding carboxylic acids is 1. The third kappa shape index (κ3) is 6.69. The van der Waals surface area contributed by atoms with Crippen LogP contribution in [0.4, 0.5) is 0 Å². The van der Waals surface area contributed by atoms with E-state index < -0.39 is 10.1 Å². The highest BCUT2D eigenvalue weighted by molar-refractivity contribution is 7.87. The molecule has 4 rings (SSSR count). The maximum atomic E-state index is 13.4. The van der Waals surface area contributed by atoms with Crippen molar-refractivity contribution in [3.8, 4) is 11.5 Å². The molecule has 0 aromatic heterocycles. The molecule has 0 aliphatic carbocycles. The summed E-state index contributed by atoms with van der Waals surface area (Å²) in [7, 11) is -2.85. The lowest BCUT2D eigenvalue weighted by atomic mass is 10.1. The molecule has 1 aliphatic heterocycles. The van der Waals surface area contributed by atoms with Crippen LogP contribution < -0.4 is 8.92 Å². The summed E-state index contributed by atoms with van der Waals surface area (Å²) in [6.45, 7) is 1.16. The number of carbonyl (C=O) groups is 1. The first-order valence-electron chi connectivity index (χ1n) is 11.4.